The minimum Gasteiger partial charge on any atom is -0.464 e. The van der Waals surface area contributed by atoms with Gasteiger partial charge in [0.25, 0.3) is 11.8 Å². The quantitative estimate of drug-likeness (QED) is 0.736. The fourth-order valence-electron chi connectivity index (χ4n) is 3.03. The summed E-state index contributed by atoms with van der Waals surface area (Å²) < 4.78 is 24.1. The molecule has 4 rings (SSSR count). The number of benzene rings is 1. The Labute approximate surface area is 159 Å². The fraction of sp³-hybridized carbons (Fsp3) is 0.263. The molecule has 28 heavy (non-hydrogen) atoms. The van der Waals surface area contributed by atoms with Crippen LogP contribution >= 0.6 is 0 Å². The molecule has 2 amide bonds. The molecule has 0 aliphatic carbocycles. The van der Waals surface area contributed by atoms with E-state index in [2.05, 4.69) is 15.3 Å². The lowest BCUT2D eigenvalue weighted by Crippen LogP contribution is -2.42. The minimum absolute atomic E-state index is 0.00926. The van der Waals surface area contributed by atoms with Gasteiger partial charge in [0, 0.05) is 43.0 Å². The van der Waals surface area contributed by atoms with Gasteiger partial charge in [-0.2, -0.15) is 0 Å². The van der Waals surface area contributed by atoms with E-state index in [-0.39, 0.29) is 23.8 Å². The van der Waals surface area contributed by atoms with Crippen molar-refractivity contribution in [2.75, 3.05) is 26.3 Å². The van der Waals surface area contributed by atoms with Crippen molar-refractivity contribution in [1.29, 1.82) is 0 Å². The van der Waals surface area contributed by atoms with Crippen molar-refractivity contribution in [2.45, 2.75) is 6.54 Å². The van der Waals surface area contributed by atoms with Crippen LogP contribution in [0.25, 0.3) is 11.0 Å². The molecule has 0 unspecified atom stereocenters. The number of rotatable bonds is 4. The van der Waals surface area contributed by atoms with E-state index in [0.717, 1.165) is 0 Å². The Morgan fingerprint density at radius 1 is 1.14 bits per heavy atom. The molecule has 8 nitrogen and oxygen atoms in total. The number of hydrogen-bond acceptors (Lipinski definition) is 6. The van der Waals surface area contributed by atoms with Crippen LogP contribution in [0.2, 0.25) is 0 Å². The van der Waals surface area contributed by atoms with Crippen molar-refractivity contribution in [3.05, 3.63) is 59.6 Å². The van der Waals surface area contributed by atoms with E-state index in [1.54, 1.807) is 4.90 Å². The predicted molar refractivity (Wildman–Crippen MR) is 96.1 cm³/mol. The van der Waals surface area contributed by atoms with E-state index in [1.165, 1.54) is 36.9 Å². The van der Waals surface area contributed by atoms with E-state index in [9.17, 15) is 14.0 Å². The number of aromatic nitrogens is 2. The van der Waals surface area contributed by atoms with Crippen molar-refractivity contribution < 1.29 is 23.1 Å². The molecule has 1 N–H and O–H groups in total. The largest absolute Gasteiger partial charge is 0.464 e. The van der Waals surface area contributed by atoms with Gasteiger partial charge in [0.15, 0.2) is 11.4 Å². The van der Waals surface area contributed by atoms with E-state index < -0.39 is 11.7 Å². The van der Waals surface area contributed by atoms with Gasteiger partial charge in [0.1, 0.15) is 11.4 Å². The van der Waals surface area contributed by atoms with Gasteiger partial charge in [0.2, 0.25) is 0 Å². The van der Waals surface area contributed by atoms with E-state index in [4.69, 9.17) is 9.15 Å². The smallest absolute Gasteiger partial charge is 0.275 e. The summed E-state index contributed by atoms with van der Waals surface area (Å²) in [6.07, 6.45) is 4.19. The fourth-order valence-corrected chi connectivity index (χ4v) is 3.03. The number of morpholine rings is 1. The lowest BCUT2D eigenvalue weighted by Gasteiger charge is -2.26. The molecule has 1 saturated heterocycles. The summed E-state index contributed by atoms with van der Waals surface area (Å²) in [7, 11) is 0. The van der Waals surface area contributed by atoms with Crippen LogP contribution in [-0.4, -0.2) is 53.0 Å². The number of fused-ring (bicyclic) bond motifs is 1. The highest BCUT2D eigenvalue weighted by Gasteiger charge is 2.26. The van der Waals surface area contributed by atoms with Gasteiger partial charge in [-0.3, -0.25) is 9.59 Å². The van der Waals surface area contributed by atoms with Crippen LogP contribution in [0.3, 0.4) is 0 Å². The normalized spacial score (nSPS) is 14.2. The molecule has 0 atom stereocenters. The van der Waals surface area contributed by atoms with Gasteiger partial charge in [0.05, 0.1) is 19.5 Å². The Bertz CT molecular complexity index is 1030. The van der Waals surface area contributed by atoms with Gasteiger partial charge in [-0.25, -0.2) is 14.4 Å². The second-order valence-corrected chi connectivity index (χ2v) is 6.24. The van der Waals surface area contributed by atoms with Gasteiger partial charge in [-0.15, -0.1) is 0 Å². The van der Waals surface area contributed by atoms with E-state index in [0.29, 0.717) is 42.8 Å². The number of halogens is 1. The molecule has 0 saturated carbocycles. The number of amides is 2. The molecule has 144 valence electrons. The lowest BCUT2D eigenvalue weighted by atomic mass is 10.1. The summed E-state index contributed by atoms with van der Waals surface area (Å²) in [6.45, 7) is 1.85. The maximum Gasteiger partial charge on any atom is 0.275 e. The first-order valence-electron chi connectivity index (χ1n) is 8.75. The zero-order valence-electron chi connectivity index (χ0n) is 14.9. The number of ether oxygens (including phenoxy) is 1. The van der Waals surface area contributed by atoms with Gasteiger partial charge in [-0.1, -0.05) is 0 Å². The van der Waals surface area contributed by atoms with Crippen molar-refractivity contribution in [2.24, 2.45) is 0 Å². The maximum absolute atomic E-state index is 13.5. The second kappa shape index (κ2) is 7.73. The first kappa shape index (κ1) is 18.1. The van der Waals surface area contributed by atoms with Gasteiger partial charge >= 0.3 is 0 Å². The third kappa shape index (κ3) is 3.56. The first-order valence-corrected chi connectivity index (χ1v) is 8.75. The Hall–Kier alpha value is -3.33. The predicted octanol–water partition coefficient (Wildman–Crippen LogP) is 1.76. The minimum atomic E-state index is -0.546. The molecular weight excluding hydrogens is 367 g/mol. The number of furan rings is 1. The summed E-state index contributed by atoms with van der Waals surface area (Å²) >= 11 is 0. The van der Waals surface area contributed by atoms with Crippen LogP contribution in [0.4, 0.5) is 4.39 Å². The van der Waals surface area contributed by atoms with Crippen molar-refractivity contribution in [3.63, 3.8) is 0 Å². The Morgan fingerprint density at radius 2 is 1.89 bits per heavy atom. The van der Waals surface area contributed by atoms with Crippen molar-refractivity contribution >= 4 is 22.8 Å². The second-order valence-electron chi connectivity index (χ2n) is 6.24. The van der Waals surface area contributed by atoms with Crippen LogP contribution in [0.1, 0.15) is 26.5 Å². The monoisotopic (exact) mass is 384 g/mol. The average molecular weight is 384 g/mol. The van der Waals surface area contributed by atoms with Crippen LogP contribution in [0.5, 0.6) is 0 Å². The topological polar surface area (TPSA) is 97.6 Å². The molecule has 0 spiro atoms. The SMILES string of the molecule is O=C(NCc1coc2ccc(F)cc12)c1nccnc1C(=O)N1CCOCC1. The van der Waals surface area contributed by atoms with Crippen molar-refractivity contribution in [3.8, 4) is 0 Å². The van der Waals surface area contributed by atoms with Gasteiger partial charge < -0.3 is 19.4 Å². The Kier molecular flexibility index (Phi) is 4.98. The summed E-state index contributed by atoms with van der Waals surface area (Å²) in [4.78, 5) is 35.0. The molecule has 1 aromatic carbocycles. The van der Waals surface area contributed by atoms with E-state index >= 15 is 0 Å². The third-order valence-corrected chi connectivity index (χ3v) is 4.47. The molecule has 1 aliphatic rings. The van der Waals surface area contributed by atoms with Crippen LogP contribution in [0, 0.1) is 5.82 Å². The van der Waals surface area contributed by atoms with E-state index in [1.807, 2.05) is 0 Å². The number of carbonyl (C=O) groups excluding carboxylic acids is 2. The lowest BCUT2D eigenvalue weighted by molar-refractivity contribution is 0.0297. The highest BCUT2D eigenvalue weighted by atomic mass is 19.1. The number of nitrogens with one attached hydrogen (secondary N) is 1. The maximum atomic E-state index is 13.5. The number of hydrogen-bond donors (Lipinski definition) is 1. The molecule has 3 aromatic rings. The molecule has 1 aliphatic heterocycles. The summed E-state index contributed by atoms with van der Waals surface area (Å²) in [5, 5.41) is 3.27. The number of carbonyl (C=O) groups is 2. The summed E-state index contributed by atoms with van der Waals surface area (Å²) in [6, 6.07) is 4.17. The molecule has 0 radical (unpaired) electrons. The summed E-state index contributed by atoms with van der Waals surface area (Å²) in [5.41, 5.74) is 1.07. The molecule has 9 heteroatoms. The van der Waals surface area contributed by atoms with Crippen molar-refractivity contribution in [1.82, 2.24) is 20.2 Å². The Morgan fingerprint density at radius 3 is 2.68 bits per heavy atom. The van der Waals surface area contributed by atoms with Crippen LogP contribution in [-0.2, 0) is 11.3 Å². The summed E-state index contributed by atoms with van der Waals surface area (Å²) in [5.74, 6) is -1.30. The van der Waals surface area contributed by atoms with Gasteiger partial charge in [-0.05, 0) is 18.2 Å². The zero-order valence-corrected chi connectivity index (χ0v) is 14.9. The Balaban J connectivity index is 1.52. The number of nitrogens with zero attached hydrogens (tertiary/aromatic N) is 3. The van der Waals surface area contributed by atoms with Crippen LogP contribution in [0.15, 0.2) is 41.3 Å². The van der Waals surface area contributed by atoms with Crippen LogP contribution < -0.4 is 5.32 Å². The molecule has 2 aromatic heterocycles. The highest BCUT2D eigenvalue weighted by molar-refractivity contribution is 6.04. The zero-order chi connectivity index (χ0) is 19.5. The third-order valence-electron chi connectivity index (χ3n) is 4.47. The first-order chi connectivity index (χ1) is 13.6. The molecule has 0 bridgehead atoms. The molecule has 1 fully saturated rings. The standard InChI is InChI=1S/C19H17FN4O4/c20-13-1-2-15-14(9-13)12(11-28-15)10-23-18(25)16-17(22-4-3-21-16)19(26)24-5-7-27-8-6-24/h1-4,9,11H,5-8,10H2,(H,23,25). The molecular formula is C19H17FN4O4. The molecule has 3 heterocycles. The average Bonchev–Trinajstić information content (AvgIpc) is 3.14. The highest BCUT2D eigenvalue weighted by Crippen LogP contribution is 2.22.